The van der Waals surface area contributed by atoms with Crippen LogP contribution >= 0.6 is 0 Å². The zero-order valence-electron chi connectivity index (χ0n) is 10.6. The van der Waals surface area contributed by atoms with Crippen molar-refractivity contribution < 1.29 is 9.53 Å². The maximum absolute atomic E-state index is 11.3. The van der Waals surface area contributed by atoms with E-state index in [9.17, 15) is 4.79 Å². The summed E-state index contributed by atoms with van der Waals surface area (Å²) < 4.78 is 5.32. The van der Waals surface area contributed by atoms with Crippen molar-refractivity contribution in [3.8, 4) is 0 Å². The van der Waals surface area contributed by atoms with E-state index in [1.54, 1.807) is 26.3 Å². The number of carbonyl (C=O) groups excluding carboxylic acids is 1. The Morgan fingerprint density at radius 3 is 2.78 bits per heavy atom. The van der Waals surface area contributed by atoms with Crippen LogP contribution in [0.15, 0.2) is 12.1 Å². The Hall–Kier alpha value is -1.69. The molecule has 1 amide bonds. The van der Waals surface area contributed by atoms with E-state index in [2.05, 4.69) is 20.8 Å². The largest absolute Gasteiger partial charge is 0.381 e. The average molecular weight is 250 g/mol. The van der Waals surface area contributed by atoms with Gasteiger partial charge < -0.3 is 15.4 Å². The van der Waals surface area contributed by atoms with Gasteiger partial charge in [-0.25, -0.2) is 0 Å². The van der Waals surface area contributed by atoms with E-state index < -0.39 is 0 Å². The highest BCUT2D eigenvalue weighted by Gasteiger charge is 2.24. The van der Waals surface area contributed by atoms with Crippen molar-refractivity contribution in [1.29, 1.82) is 0 Å². The predicted molar refractivity (Wildman–Crippen MR) is 67.5 cm³/mol. The van der Waals surface area contributed by atoms with Crippen molar-refractivity contribution in [2.75, 3.05) is 19.5 Å². The third-order valence-electron chi connectivity index (χ3n) is 3.19. The lowest BCUT2D eigenvalue weighted by Gasteiger charge is -2.13. The Morgan fingerprint density at radius 2 is 2.22 bits per heavy atom. The van der Waals surface area contributed by atoms with E-state index in [-0.39, 0.29) is 5.91 Å². The topological polar surface area (TPSA) is 76.1 Å². The van der Waals surface area contributed by atoms with Crippen LogP contribution in [-0.2, 0) is 4.74 Å². The molecule has 1 saturated carbocycles. The summed E-state index contributed by atoms with van der Waals surface area (Å²) in [5.74, 6) is 0.471. The zero-order chi connectivity index (χ0) is 13.0. The maximum atomic E-state index is 11.3. The van der Waals surface area contributed by atoms with Gasteiger partial charge in [-0.1, -0.05) is 0 Å². The lowest BCUT2D eigenvalue weighted by atomic mass is 10.2. The van der Waals surface area contributed by atoms with Crippen molar-refractivity contribution in [2.24, 2.45) is 0 Å². The standard InChI is InChI=1S/C12H18N4O2/c1-13-12(17)10-5-6-11(16-15-10)14-8-3-4-9(7-8)18-2/h5-6,8-9H,3-4,7H2,1-2H3,(H,13,17)(H,14,16). The number of carbonyl (C=O) groups is 1. The molecule has 6 heteroatoms. The van der Waals surface area contributed by atoms with Crippen LogP contribution in [0.25, 0.3) is 0 Å². The molecular weight excluding hydrogens is 232 g/mol. The maximum Gasteiger partial charge on any atom is 0.271 e. The van der Waals surface area contributed by atoms with E-state index in [1.165, 1.54) is 0 Å². The summed E-state index contributed by atoms with van der Waals surface area (Å²) in [7, 11) is 3.31. The molecule has 0 saturated heterocycles. The Kier molecular flexibility index (Phi) is 4.09. The number of hydrogen-bond acceptors (Lipinski definition) is 5. The van der Waals surface area contributed by atoms with E-state index in [1.807, 2.05) is 0 Å². The van der Waals surface area contributed by atoms with Crippen molar-refractivity contribution in [2.45, 2.75) is 31.4 Å². The molecule has 0 bridgehead atoms. The van der Waals surface area contributed by atoms with Gasteiger partial charge in [0.2, 0.25) is 0 Å². The fourth-order valence-electron chi connectivity index (χ4n) is 2.15. The molecule has 0 spiro atoms. The molecule has 6 nitrogen and oxygen atoms in total. The van der Waals surface area contributed by atoms with Crippen LogP contribution < -0.4 is 10.6 Å². The lowest BCUT2D eigenvalue weighted by molar-refractivity contribution is 0.0957. The van der Waals surface area contributed by atoms with Gasteiger partial charge in [0.1, 0.15) is 5.82 Å². The molecule has 2 atom stereocenters. The number of amides is 1. The Morgan fingerprint density at radius 1 is 1.39 bits per heavy atom. The van der Waals surface area contributed by atoms with Crippen molar-refractivity contribution in [3.05, 3.63) is 17.8 Å². The Bertz CT molecular complexity index is 407. The van der Waals surface area contributed by atoms with Crippen LogP contribution in [0.1, 0.15) is 29.8 Å². The van der Waals surface area contributed by atoms with Gasteiger partial charge in [-0.3, -0.25) is 4.79 Å². The number of nitrogens with one attached hydrogen (secondary N) is 2. The smallest absolute Gasteiger partial charge is 0.271 e. The molecule has 1 heterocycles. The number of hydrogen-bond donors (Lipinski definition) is 2. The van der Waals surface area contributed by atoms with Crippen LogP contribution in [0.3, 0.4) is 0 Å². The fourth-order valence-corrected chi connectivity index (χ4v) is 2.15. The molecule has 1 aliphatic rings. The lowest BCUT2D eigenvalue weighted by Crippen LogP contribution is -2.21. The summed E-state index contributed by atoms with van der Waals surface area (Å²) in [4.78, 5) is 11.3. The summed E-state index contributed by atoms with van der Waals surface area (Å²) >= 11 is 0. The molecule has 18 heavy (non-hydrogen) atoms. The quantitative estimate of drug-likeness (QED) is 0.827. The highest BCUT2D eigenvalue weighted by Crippen LogP contribution is 2.23. The van der Waals surface area contributed by atoms with Crippen LogP contribution in [-0.4, -0.2) is 42.4 Å². The van der Waals surface area contributed by atoms with E-state index in [0.717, 1.165) is 19.3 Å². The van der Waals surface area contributed by atoms with Crippen molar-refractivity contribution >= 4 is 11.7 Å². The van der Waals surface area contributed by atoms with E-state index in [0.29, 0.717) is 23.7 Å². The first kappa shape index (κ1) is 12.8. The molecule has 1 aromatic heterocycles. The molecule has 1 aromatic rings. The molecule has 2 N–H and O–H groups in total. The van der Waals surface area contributed by atoms with Crippen molar-refractivity contribution in [3.63, 3.8) is 0 Å². The summed E-state index contributed by atoms with van der Waals surface area (Å²) in [6, 6.07) is 3.81. The molecule has 2 rings (SSSR count). The number of nitrogens with zero attached hydrogens (tertiary/aromatic N) is 2. The third kappa shape index (κ3) is 2.95. The highest BCUT2D eigenvalue weighted by molar-refractivity contribution is 5.91. The summed E-state index contributed by atoms with van der Waals surface area (Å²) in [5.41, 5.74) is 0.323. The van der Waals surface area contributed by atoms with Gasteiger partial charge in [-0.2, -0.15) is 0 Å². The Balaban J connectivity index is 1.92. The first-order valence-electron chi connectivity index (χ1n) is 6.08. The van der Waals surface area contributed by atoms with Crippen LogP contribution in [0.5, 0.6) is 0 Å². The van der Waals surface area contributed by atoms with Crippen LogP contribution in [0.2, 0.25) is 0 Å². The fraction of sp³-hybridized carbons (Fsp3) is 0.583. The number of anilines is 1. The minimum Gasteiger partial charge on any atom is -0.381 e. The first-order chi connectivity index (χ1) is 8.72. The average Bonchev–Trinajstić information content (AvgIpc) is 2.86. The normalized spacial score (nSPS) is 22.8. The van der Waals surface area contributed by atoms with Gasteiger partial charge in [0.25, 0.3) is 5.91 Å². The Labute approximate surface area is 106 Å². The van der Waals surface area contributed by atoms with Gasteiger partial charge in [-0.05, 0) is 31.4 Å². The molecule has 98 valence electrons. The van der Waals surface area contributed by atoms with Gasteiger partial charge in [0, 0.05) is 20.2 Å². The highest BCUT2D eigenvalue weighted by atomic mass is 16.5. The molecule has 0 radical (unpaired) electrons. The minimum absolute atomic E-state index is 0.227. The SMILES string of the molecule is CNC(=O)c1ccc(NC2CCC(OC)C2)nn1. The number of methoxy groups -OCH3 is 1. The molecular formula is C12H18N4O2. The molecule has 1 fully saturated rings. The monoisotopic (exact) mass is 250 g/mol. The van der Waals surface area contributed by atoms with Gasteiger partial charge in [0.05, 0.1) is 6.10 Å². The van der Waals surface area contributed by atoms with Crippen molar-refractivity contribution in [1.82, 2.24) is 15.5 Å². The van der Waals surface area contributed by atoms with E-state index in [4.69, 9.17) is 4.74 Å². The van der Waals surface area contributed by atoms with Crippen LogP contribution in [0.4, 0.5) is 5.82 Å². The molecule has 2 unspecified atom stereocenters. The molecule has 0 aromatic carbocycles. The predicted octanol–water partition coefficient (Wildman–Crippen LogP) is 0.816. The minimum atomic E-state index is -0.227. The third-order valence-corrected chi connectivity index (χ3v) is 3.19. The number of aromatic nitrogens is 2. The molecule has 0 aliphatic heterocycles. The molecule has 1 aliphatic carbocycles. The zero-order valence-corrected chi connectivity index (χ0v) is 10.6. The second-order valence-corrected chi connectivity index (χ2v) is 4.39. The summed E-state index contributed by atoms with van der Waals surface area (Å²) in [5, 5.41) is 13.7. The van der Waals surface area contributed by atoms with Gasteiger partial charge >= 0.3 is 0 Å². The summed E-state index contributed by atoms with van der Waals surface area (Å²) in [6.45, 7) is 0. The second kappa shape index (κ2) is 5.77. The summed E-state index contributed by atoms with van der Waals surface area (Å²) in [6.07, 6.45) is 3.45. The number of ether oxygens (including phenoxy) is 1. The first-order valence-corrected chi connectivity index (χ1v) is 6.08. The van der Waals surface area contributed by atoms with Gasteiger partial charge in [-0.15, -0.1) is 10.2 Å². The van der Waals surface area contributed by atoms with E-state index >= 15 is 0 Å². The second-order valence-electron chi connectivity index (χ2n) is 4.39. The number of rotatable bonds is 4. The van der Waals surface area contributed by atoms with Crippen LogP contribution in [0, 0.1) is 0 Å². The van der Waals surface area contributed by atoms with Gasteiger partial charge in [0.15, 0.2) is 5.69 Å².